The Morgan fingerprint density at radius 3 is 2.36 bits per heavy atom. The quantitative estimate of drug-likeness (QED) is 0.619. The Labute approximate surface area is 89.4 Å². The lowest BCUT2D eigenvalue weighted by atomic mass is 10.0. The summed E-state index contributed by atoms with van der Waals surface area (Å²) >= 11 is 0. The average Bonchev–Trinajstić information content (AvgIpc) is 2.13. The Morgan fingerprint density at radius 1 is 1.14 bits per heavy atom. The van der Waals surface area contributed by atoms with E-state index in [-0.39, 0.29) is 0 Å². The van der Waals surface area contributed by atoms with E-state index in [9.17, 15) is 0 Å². The third-order valence-corrected chi connectivity index (χ3v) is 2.24. The van der Waals surface area contributed by atoms with Crippen molar-refractivity contribution in [2.24, 2.45) is 11.8 Å². The molecule has 0 bridgehead atoms. The molecule has 0 spiro atoms. The second-order valence-corrected chi connectivity index (χ2v) is 4.37. The summed E-state index contributed by atoms with van der Waals surface area (Å²) in [5, 5.41) is 3.50. The van der Waals surface area contributed by atoms with Crippen LogP contribution in [0.2, 0.25) is 0 Å². The molecule has 1 unspecified atom stereocenters. The molecule has 0 aliphatic carbocycles. The Bertz CT molecular complexity index is 115. The fourth-order valence-corrected chi connectivity index (χ4v) is 1.51. The molecule has 2 heteroatoms. The molecule has 14 heavy (non-hydrogen) atoms. The molecule has 0 amide bonds. The highest BCUT2D eigenvalue weighted by atomic mass is 16.5. The topological polar surface area (TPSA) is 21.3 Å². The van der Waals surface area contributed by atoms with E-state index >= 15 is 0 Å². The van der Waals surface area contributed by atoms with Crippen LogP contribution in [0.3, 0.4) is 0 Å². The Morgan fingerprint density at radius 2 is 1.86 bits per heavy atom. The molecule has 0 radical (unpaired) electrons. The van der Waals surface area contributed by atoms with Gasteiger partial charge in [0.05, 0.1) is 6.61 Å². The van der Waals surface area contributed by atoms with Gasteiger partial charge in [-0.15, -0.1) is 0 Å². The average molecular weight is 201 g/mol. The zero-order valence-electron chi connectivity index (χ0n) is 10.3. The minimum absolute atomic E-state index is 0.693. The molecule has 2 nitrogen and oxygen atoms in total. The lowest BCUT2D eigenvalue weighted by Crippen LogP contribution is -2.28. The minimum Gasteiger partial charge on any atom is -0.381 e. The van der Waals surface area contributed by atoms with Crippen LogP contribution in [0, 0.1) is 11.8 Å². The van der Waals surface area contributed by atoms with Gasteiger partial charge in [0, 0.05) is 13.2 Å². The second kappa shape index (κ2) is 9.47. The zero-order chi connectivity index (χ0) is 10.8. The minimum atomic E-state index is 0.693. The standard InChI is InChI=1S/C12H27NO/c1-5-7-12(10-14-6-2)9-13-8-11(3)4/h11-13H,5-10H2,1-4H3. The van der Waals surface area contributed by atoms with Gasteiger partial charge >= 0.3 is 0 Å². The summed E-state index contributed by atoms with van der Waals surface area (Å²) in [4.78, 5) is 0. The molecule has 0 aliphatic heterocycles. The molecular formula is C12H27NO. The van der Waals surface area contributed by atoms with Crippen LogP contribution in [-0.2, 0) is 4.74 Å². The van der Waals surface area contributed by atoms with E-state index in [4.69, 9.17) is 4.74 Å². The van der Waals surface area contributed by atoms with E-state index in [1.54, 1.807) is 0 Å². The first kappa shape index (κ1) is 13.9. The predicted molar refractivity (Wildman–Crippen MR) is 62.6 cm³/mol. The first-order chi connectivity index (χ1) is 6.70. The van der Waals surface area contributed by atoms with Gasteiger partial charge in [0.2, 0.25) is 0 Å². The Kier molecular flexibility index (Phi) is 9.42. The molecule has 0 saturated carbocycles. The van der Waals surface area contributed by atoms with Crippen molar-refractivity contribution in [3.05, 3.63) is 0 Å². The molecule has 1 atom stereocenters. The van der Waals surface area contributed by atoms with Crippen LogP contribution in [-0.4, -0.2) is 26.3 Å². The van der Waals surface area contributed by atoms with Crippen molar-refractivity contribution in [3.8, 4) is 0 Å². The molecule has 0 heterocycles. The van der Waals surface area contributed by atoms with Crippen molar-refractivity contribution in [2.75, 3.05) is 26.3 Å². The number of hydrogen-bond donors (Lipinski definition) is 1. The van der Waals surface area contributed by atoms with E-state index in [0.717, 1.165) is 32.2 Å². The van der Waals surface area contributed by atoms with E-state index < -0.39 is 0 Å². The van der Waals surface area contributed by atoms with Gasteiger partial charge in [-0.2, -0.15) is 0 Å². The first-order valence-electron chi connectivity index (χ1n) is 5.99. The molecule has 0 aromatic carbocycles. The largest absolute Gasteiger partial charge is 0.381 e. The molecule has 0 aromatic rings. The maximum Gasteiger partial charge on any atom is 0.0506 e. The van der Waals surface area contributed by atoms with E-state index in [1.165, 1.54) is 12.8 Å². The highest BCUT2D eigenvalue weighted by Gasteiger charge is 2.07. The Hall–Kier alpha value is -0.0800. The lowest BCUT2D eigenvalue weighted by Gasteiger charge is -2.17. The summed E-state index contributed by atoms with van der Waals surface area (Å²) in [7, 11) is 0. The van der Waals surface area contributed by atoms with Crippen LogP contribution < -0.4 is 5.32 Å². The SMILES string of the molecule is CCCC(CNCC(C)C)COCC. The predicted octanol–water partition coefficient (Wildman–Crippen LogP) is 2.68. The molecule has 0 rings (SSSR count). The summed E-state index contributed by atoms with van der Waals surface area (Å²) in [6.45, 7) is 12.7. The van der Waals surface area contributed by atoms with Crippen molar-refractivity contribution in [1.29, 1.82) is 0 Å². The van der Waals surface area contributed by atoms with Crippen molar-refractivity contribution >= 4 is 0 Å². The monoisotopic (exact) mass is 201 g/mol. The smallest absolute Gasteiger partial charge is 0.0506 e. The van der Waals surface area contributed by atoms with Gasteiger partial charge in [0.1, 0.15) is 0 Å². The molecule has 86 valence electrons. The summed E-state index contributed by atoms with van der Waals surface area (Å²) < 4.78 is 5.47. The summed E-state index contributed by atoms with van der Waals surface area (Å²) in [5.74, 6) is 1.43. The van der Waals surface area contributed by atoms with Gasteiger partial charge in [0.25, 0.3) is 0 Å². The van der Waals surface area contributed by atoms with Crippen molar-refractivity contribution < 1.29 is 4.74 Å². The Balaban J connectivity index is 3.50. The van der Waals surface area contributed by atoms with Gasteiger partial charge in [-0.25, -0.2) is 0 Å². The van der Waals surface area contributed by atoms with Gasteiger partial charge in [0.15, 0.2) is 0 Å². The van der Waals surface area contributed by atoms with Gasteiger partial charge in [-0.05, 0) is 31.7 Å². The van der Waals surface area contributed by atoms with Crippen LogP contribution in [0.4, 0.5) is 0 Å². The summed E-state index contributed by atoms with van der Waals surface area (Å²) in [5.41, 5.74) is 0. The maximum atomic E-state index is 5.47. The fraction of sp³-hybridized carbons (Fsp3) is 1.00. The molecule has 0 fully saturated rings. The molecule has 0 saturated heterocycles. The van der Waals surface area contributed by atoms with Crippen LogP contribution in [0.5, 0.6) is 0 Å². The van der Waals surface area contributed by atoms with Crippen LogP contribution in [0.15, 0.2) is 0 Å². The number of rotatable bonds is 9. The molecular weight excluding hydrogens is 174 g/mol. The summed E-state index contributed by atoms with van der Waals surface area (Å²) in [6.07, 6.45) is 2.52. The molecule has 0 aromatic heterocycles. The molecule has 0 aliphatic rings. The number of ether oxygens (including phenoxy) is 1. The highest BCUT2D eigenvalue weighted by Crippen LogP contribution is 2.05. The number of nitrogens with one attached hydrogen (secondary N) is 1. The van der Waals surface area contributed by atoms with Crippen LogP contribution in [0.1, 0.15) is 40.5 Å². The summed E-state index contributed by atoms with van der Waals surface area (Å²) in [6, 6.07) is 0. The lowest BCUT2D eigenvalue weighted by molar-refractivity contribution is 0.106. The van der Waals surface area contributed by atoms with Crippen molar-refractivity contribution in [3.63, 3.8) is 0 Å². The third-order valence-electron chi connectivity index (χ3n) is 2.24. The zero-order valence-corrected chi connectivity index (χ0v) is 10.3. The van der Waals surface area contributed by atoms with Crippen molar-refractivity contribution in [2.45, 2.75) is 40.5 Å². The van der Waals surface area contributed by atoms with Gasteiger partial charge in [-0.3, -0.25) is 0 Å². The molecule has 1 N–H and O–H groups in total. The van der Waals surface area contributed by atoms with E-state index in [0.29, 0.717) is 5.92 Å². The van der Waals surface area contributed by atoms with Crippen molar-refractivity contribution in [1.82, 2.24) is 5.32 Å². The first-order valence-corrected chi connectivity index (χ1v) is 5.99. The van der Waals surface area contributed by atoms with Gasteiger partial charge < -0.3 is 10.1 Å². The normalized spacial score (nSPS) is 13.5. The maximum absolute atomic E-state index is 5.47. The second-order valence-electron chi connectivity index (χ2n) is 4.37. The number of hydrogen-bond acceptors (Lipinski definition) is 2. The van der Waals surface area contributed by atoms with Crippen LogP contribution in [0.25, 0.3) is 0 Å². The highest BCUT2D eigenvalue weighted by molar-refractivity contribution is 4.62. The third kappa shape index (κ3) is 8.52. The fourth-order valence-electron chi connectivity index (χ4n) is 1.51. The van der Waals surface area contributed by atoms with E-state index in [2.05, 4.69) is 33.0 Å². The van der Waals surface area contributed by atoms with Gasteiger partial charge in [-0.1, -0.05) is 27.2 Å². The van der Waals surface area contributed by atoms with Crippen LogP contribution >= 0.6 is 0 Å². The van der Waals surface area contributed by atoms with E-state index in [1.807, 2.05) is 0 Å².